The largest absolute Gasteiger partial charge is 0.325 e. The molecule has 140 valence electrons. The molecule has 1 N–H and O–H groups in total. The maximum atomic E-state index is 13.7. The molecule has 0 spiro atoms. The van der Waals surface area contributed by atoms with Gasteiger partial charge in [-0.1, -0.05) is 26.0 Å². The SMILES string of the molecule is Cc1cccc(NC(=O)C23CCC(c4nc(C#N)c(C#N)nc42)C3(C)C)c1C. The molecule has 2 unspecified atom stereocenters. The normalized spacial score (nSPS) is 23.6. The van der Waals surface area contributed by atoms with Gasteiger partial charge in [-0.25, -0.2) is 9.97 Å². The molecule has 28 heavy (non-hydrogen) atoms. The first-order chi connectivity index (χ1) is 13.3. The summed E-state index contributed by atoms with van der Waals surface area (Å²) >= 11 is 0. The lowest BCUT2D eigenvalue weighted by molar-refractivity contribution is -0.124. The van der Waals surface area contributed by atoms with Gasteiger partial charge in [-0.05, 0) is 49.3 Å². The maximum absolute atomic E-state index is 13.7. The molecule has 0 aliphatic heterocycles. The van der Waals surface area contributed by atoms with Crippen LogP contribution in [0.4, 0.5) is 5.69 Å². The third-order valence-electron chi connectivity index (χ3n) is 6.89. The molecule has 1 saturated carbocycles. The summed E-state index contributed by atoms with van der Waals surface area (Å²) in [4.78, 5) is 22.6. The number of aryl methyl sites for hydroxylation is 1. The molecule has 2 aliphatic carbocycles. The third kappa shape index (κ3) is 2.09. The first kappa shape index (κ1) is 18.1. The lowest BCUT2D eigenvalue weighted by Crippen LogP contribution is -2.47. The highest BCUT2D eigenvalue weighted by molar-refractivity contribution is 6.01. The van der Waals surface area contributed by atoms with Crippen LogP contribution in [0.3, 0.4) is 0 Å². The second-order valence-corrected chi connectivity index (χ2v) is 8.30. The van der Waals surface area contributed by atoms with Gasteiger partial charge in [-0.2, -0.15) is 10.5 Å². The second-order valence-electron chi connectivity index (χ2n) is 8.30. The molecule has 4 rings (SSSR count). The van der Waals surface area contributed by atoms with Crippen molar-refractivity contribution in [1.29, 1.82) is 10.5 Å². The smallest absolute Gasteiger partial charge is 0.237 e. The number of anilines is 1. The van der Waals surface area contributed by atoms with Gasteiger partial charge in [0.2, 0.25) is 5.91 Å². The molecule has 6 nitrogen and oxygen atoms in total. The van der Waals surface area contributed by atoms with E-state index in [9.17, 15) is 15.3 Å². The summed E-state index contributed by atoms with van der Waals surface area (Å²) in [6.07, 6.45) is 1.46. The summed E-state index contributed by atoms with van der Waals surface area (Å²) in [7, 11) is 0. The first-order valence-electron chi connectivity index (χ1n) is 9.38. The van der Waals surface area contributed by atoms with Gasteiger partial charge in [0.25, 0.3) is 0 Å². The van der Waals surface area contributed by atoms with Crippen LogP contribution in [0, 0.1) is 41.9 Å². The van der Waals surface area contributed by atoms with Crippen LogP contribution in [0.25, 0.3) is 0 Å². The molecular formula is C22H21N5O. The summed E-state index contributed by atoms with van der Waals surface area (Å²) in [5, 5.41) is 21.8. The van der Waals surface area contributed by atoms with Crippen molar-refractivity contribution >= 4 is 11.6 Å². The average Bonchev–Trinajstić information content (AvgIpc) is 3.05. The Morgan fingerprint density at radius 1 is 1.18 bits per heavy atom. The van der Waals surface area contributed by atoms with Gasteiger partial charge in [0, 0.05) is 11.6 Å². The number of benzene rings is 1. The van der Waals surface area contributed by atoms with E-state index < -0.39 is 10.8 Å². The van der Waals surface area contributed by atoms with Gasteiger partial charge in [0.1, 0.15) is 12.1 Å². The molecule has 6 heteroatoms. The predicted octanol–water partition coefficient (Wildman–Crippen LogP) is 3.63. The van der Waals surface area contributed by atoms with E-state index in [1.54, 1.807) is 0 Å². The lowest BCUT2D eigenvalue weighted by atomic mass is 9.67. The molecule has 1 fully saturated rings. The zero-order valence-corrected chi connectivity index (χ0v) is 16.4. The van der Waals surface area contributed by atoms with E-state index in [-0.39, 0.29) is 23.2 Å². The van der Waals surface area contributed by atoms with E-state index in [0.717, 1.165) is 23.2 Å². The molecule has 1 amide bonds. The Morgan fingerprint density at radius 2 is 1.86 bits per heavy atom. The van der Waals surface area contributed by atoms with Crippen molar-refractivity contribution in [3.8, 4) is 12.1 Å². The molecule has 0 saturated heterocycles. The number of hydrogen-bond acceptors (Lipinski definition) is 5. The Hall–Kier alpha value is -3.25. The van der Waals surface area contributed by atoms with Crippen LogP contribution >= 0.6 is 0 Å². The van der Waals surface area contributed by atoms with Crippen molar-refractivity contribution in [2.75, 3.05) is 5.32 Å². The predicted molar refractivity (Wildman–Crippen MR) is 103 cm³/mol. The van der Waals surface area contributed by atoms with Crippen LogP contribution in [0.15, 0.2) is 18.2 Å². The minimum Gasteiger partial charge on any atom is -0.325 e. The monoisotopic (exact) mass is 371 g/mol. The van der Waals surface area contributed by atoms with Gasteiger partial charge in [-0.15, -0.1) is 0 Å². The maximum Gasteiger partial charge on any atom is 0.237 e. The Labute approximate surface area is 164 Å². The molecule has 2 aliphatic rings. The van der Waals surface area contributed by atoms with Crippen LogP contribution in [-0.2, 0) is 10.2 Å². The topological polar surface area (TPSA) is 102 Å². The molecule has 0 radical (unpaired) electrons. The zero-order chi connectivity index (χ0) is 20.3. The van der Waals surface area contributed by atoms with Crippen molar-refractivity contribution in [2.24, 2.45) is 5.41 Å². The fourth-order valence-corrected chi connectivity index (χ4v) is 5.03. The van der Waals surface area contributed by atoms with Crippen molar-refractivity contribution in [1.82, 2.24) is 9.97 Å². The van der Waals surface area contributed by atoms with Crippen LogP contribution in [-0.4, -0.2) is 15.9 Å². The van der Waals surface area contributed by atoms with E-state index in [1.807, 2.05) is 44.2 Å². The number of carbonyl (C=O) groups is 1. The Balaban J connectivity index is 1.87. The van der Waals surface area contributed by atoms with Crippen LogP contribution in [0.1, 0.15) is 66.5 Å². The van der Waals surface area contributed by atoms with E-state index >= 15 is 0 Å². The number of nitrogens with zero attached hydrogens (tertiary/aromatic N) is 4. The number of hydrogen-bond donors (Lipinski definition) is 1. The Bertz CT molecular complexity index is 1110. The van der Waals surface area contributed by atoms with Gasteiger partial charge in [-0.3, -0.25) is 4.79 Å². The number of aromatic nitrogens is 2. The standard InChI is InChI=1S/C22H21N5O/c1-12-6-5-7-15(13(12)2)27-20(28)22-9-8-14(21(22,3)4)18-19(22)26-17(11-24)16(10-23)25-18/h5-7,14H,8-9H2,1-4H3,(H,27,28). The third-order valence-corrected chi connectivity index (χ3v) is 6.89. The highest BCUT2D eigenvalue weighted by Crippen LogP contribution is 2.67. The highest BCUT2D eigenvalue weighted by Gasteiger charge is 2.68. The highest BCUT2D eigenvalue weighted by atomic mass is 16.2. The quantitative estimate of drug-likeness (QED) is 0.868. The van der Waals surface area contributed by atoms with Gasteiger partial charge >= 0.3 is 0 Å². The summed E-state index contributed by atoms with van der Waals surface area (Å²) in [5.74, 6) is -0.0745. The summed E-state index contributed by atoms with van der Waals surface area (Å²) in [6, 6.07) is 9.76. The van der Waals surface area contributed by atoms with Crippen LogP contribution in [0.5, 0.6) is 0 Å². The molecule has 2 bridgehead atoms. The van der Waals surface area contributed by atoms with Gasteiger partial charge < -0.3 is 5.32 Å². The molecular weight excluding hydrogens is 350 g/mol. The fourth-order valence-electron chi connectivity index (χ4n) is 5.03. The number of fused-ring (bicyclic) bond motifs is 5. The molecule has 1 aromatic heterocycles. The van der Waals surface area contributed by atoms with Crippen LogP contribution < -0.4 is 5.32 Å². The van der Waals surface area contributed by atoms with Gasteiger partial charge in [0.05, 0.1) is 16.8 Å². The minimum atomic E-state index is -0.865. The van der Waals surface area contributed by atoms with Crippen molar-refractivity contribution in [3.63, 3.8) is 0 Å². The molecule has 2 aromatic rings. The summed E-state index contributed by atoms with van der Waals surface area (Å²) in [5.41, 5.74) is 2.94. The molecule has 1 heterocycles. The van der Waals surface area contributed by atoms with Crippen molar-refractivity contribution < 1.29 is 4.79 Å². The van der Waals surface area contributed by atoms with Crippen molar-refractivity contribution in [2.45, 2.75) is 51.9 Å². The molecule has 1 aromatic carbocycles. The van der Waals surface area contributed by atoms with E-state index in [1.165, 1.54) is 0 Å². The van der Waals surface area contributed by atoms with Crippen molar-refractivity contribution in [3.05, 3.63) is 52.1 Å². The lowest BCUT2D eigenvalue weighted by Gasteiger charge is -2.36. The van der Waals surface area contributed by atoms with E-state index in [2.05, 4.69) is 29.1 Å². The van der Waals surface area contributed by atoms with E-state index in [4.69, 9.17) is 0 Å². The molecule has 2 atom stereocenters. The number of amides is 1. The summed E-state index contributed by atoms with van der Waals surface area (Å²) < 4.78 is 0. The Morgan fingerprint density at radius 3 is 2.54 bits per heavy atom. The number of nitriles is 2. The number of rotatable bonds is 2. The fraction of sp³-hybridized carbons (Fsp3) is 0.409. The number of carbonyl (C=O) groups excluding carboxylic acids is 1. The average molecular weight is 371 g/mol. The number of nitrogens with one attached hydrogen (secondary N) is 1. The van der Waals surface area contributed by atoms with E-state index in [0.29, 0.717) is 17.8 Å². The second kappa shape index (κ2) is 5.87. The van der Waals surface area contributed by atoms with Gasteiger partial charge in [0.15, 0.2) is 11.4 Å². The first-order valence-corrected chi connectivity index (χ1v) is 9.38. The Kier molecular flexibility index (Phi) is 3.80. The van der Waals surface area contributed by atoms with Crippen LogP contribution in [0.2, 0.25) is 0 Å². The summed E-state index contributed by atoms with van der Waals surface area (Å²) in [6.45, 7) is 8.13. The zero-order valence-electron chi connectivity index (χ0n) is 16.4. The minimum absolute atomic E-state index is 0.0106.